The highest BCUT2D eigenvalue weighted by Gasteiger charge is 2.71. The van der Waals surface area contributed by atoms with E-state index in [1.54, 1.807) is 11.1 Å². The molecule has 0 radical (unpaired) electrons. The van der Waals surface area contributed by atoms with Gasteiger partial charge in [0.05, 0.1) is 0 Å². The molecule has 2 bridgehead atoms. The smallest absolute Gasteiger partial charge is 0.0179 e. The van der Waals surface area contributed by atoms with E-state index in [1.807, 2.05) is 0 Å². The van der Waals surface area contributed by atoms with E-state index in [2.05, 4.69) is 42.3 Å². The van der Waals surface area contributed by atoms with Crippen LogP contribution in [0.4, 0.5) is 0 Å². The first-order valence-electron chi connectivity index (χ1n) is 7.86. The van der Waals surface area contributed by atoms with E-state index in [0.29, 0.717) is 10.8 Å². The monoisotopic (exact) mass is 283 g/mol. The molecule has 4 unspecified atom stereocenters. The van der Waals surface area contributed by atoms with Gasteiger partial charge in [-0.05, 0) is 55.8 Å². The summed E-state index contributed by atoms with van der Waals surface area (Å²) in [7, 11) is 2.33. The molecule has 0 amide bonds. The van der Waals surface area contributed by atoms with E-state index < -0.39 is 0 Å². The molecule has 104 valence electrons. The van der Waals surface area contributed by atoms with Gasteiger partial charge in [-0.1, -0.05) is 24.3 Å². The Balaban J connectivity index is 1.78. The number of nitrogens with zero attached hydrogens (tertiary/aromatic N) is 1. The van der Waals surface area contributed by atoms with Crippen molar-refractivity contribution < 1.29 is 0 Å². The summed E-state index contributed by atoms with van der Waals surface area (Å²) in [5.74, 6) is 0.833. The molecule has 1 aromatic carbocycles. The van der Waals surface area contributed by atoms with Crippen molar-refractivity contribution in [2.24, 2.45) is 11.3 Å². The molecular weight excluding hydrogens is 262 g/mol. The molecule has 2 fully saturated rings. The van der Waals surface area contributed by atoms with Crippen molar-refractivity contribution >= 4 is 12.6 Å². The van der Waals surface area contributed by atoms with Gasteiger partial charge in [0.25, 0.3) is 0 Å². The van der Waals surface area contributed by atoms with Gasteiger partial charge in [0, 0.05) is 28.3 Å². The van der Waals surface area contributed by atoms with Crippen molar-refractivity contribution in [3.05, 3.63) is 41.5 Å². The second kappa shape index (κ2) is 3.53. The Kier molecular flexibility index (Phi) is 2.10. The number of hydrogen-bond acceptors (Lipinski definition) is 2. The summed E-state index contributed by atoms with van der Waals surface area (Å²) < 4.78 is 0. The van der Waals surface area contributed by atoms with E-state index in [1.165, 1.54) is 37.1 Å². The van der Waals surface area contributed by atoms with Crippen LogP contribution in [-0.4, -0.2) is 24.5 Å². The molecule has 1 aliphatic heterocycles. The van der Waals surface area contributed by atoms with Crippen LogP contribution in [0, 0.1) is 11.3 Å². The minimum atomic E-state index is 0.421. The minimum absolute atomic E-state index is 0.421. The van der Waals surface area contributed by atoms with Crippen LogP contribution in [0.5, 0.6) is 0 Å². The normalized spacial score (nSPS) is 44.5. The van der Waals surface area contributed by atoms with Gasteiger partial charge in [-0.25, -0.2) is 0 Å². The summed E-state index contributed by atoms with van der Waals surface area (Å²) >= 11 is 4.83. The van der Waals surface area contributed by atoms with Crippen LogP contribution in [0.15, 0.2) is 35.2 Å². The predicted molar refractivity (Wildman–Crippen MR) is 84.4 cm³/mol. The van der Waals surface area contributed by atoms with Crippen molar-refractivity contribution in [3.63, 3.8) is 0 Å². The zero-order valence-corrected chi connectivity index (χ0v) is 12.9. The highest BCUT2D eigenvalue weighted by molar-refractivity contribution is 7.80. The van der Waals surface area contributed by atoms with Crippen molar-refractivity contribution in [1.29, 1.82) is 0 Å². The van der Waals surface area contributed by atoms with Crippen molar-refractivity contribution in [2.45, 2.75) is 42.0 Å². The van der Waals surface area contributed by atoms with Gasteiger partial charge < -0.3 is 4.90 Å². The average Bonchev–Trinajstić information content (AvgIpc) is 2.56. The van der Waals surface area contributed by atoms with Crippen LogP contribution in [-0.2, 0) is 11.8 Å². The average molecular weight is 283 g/mol. The van der Waals surface area contributed by atoms with E-state index in [0.717, 1.165) is 12.0 Å². The third-order valence-electron chi connectivity index (χ3n) is 6.62. The fraction of sp³-hybridized carbons (Fsp3) is 0.556. The molecule has 1 saturated heterocycles. The van der Waals surface area contributed by atoms with Crippen molar-refractivity contribution in [1.82, 2.24) is 4.90 Å². The molecule has 20 heavy (non-hydrogen) atoms. The Morgan fingerprint density at radius 2 is 2.25 bits per heavy atom. The second-order valence-corrected chi connectivity index (χ2v) is 7.96. The largest absolute Gasteiger partial charge is 0.302 e. The Hall–Kier alpha value is -0.730. The van der Waals surface area contributed by atoms with Crippen molar-refractivity contribution in [3.8, 4) is 0 Å². The summed E-state index contributed by atoms with van der Waals surface area (Å²) in [6.45, 7) is 1.26. The van der Waals surface area contributed by atoms with Gasteiger partial charge in [-0.3, -0.25) is 0 Å². The number of rotatable bonds is 0. The van der Waals surface area contributed by atoms with Crippen LogP contribution in [0.3, 0.4) is 0 Å². The lowest BCUT2D eigenvalue weighted by atomic mass is 9.40. The van der Waals surface area contributed by atoms with Crippen LogP contribution < -0.4 is 0 Å². The molecule has 0 N–H and O–H groups in total. The molecule has 4 atom stereocenters. The molecule has 2 spiro atoms. The van der Waals surface area contributed by atoms with E-state index in [4.69, 9.17) is 12.6 Å². The number of likely N-dealkylation sites (N-methyl/N-ethyl adjacent to an activating group) is 1. The predicted octanol–water partition coefficient (Wildman–Crippen LogP) is 3.44. The van der Waals surface area contributed by atoms with Crippen LogP contribution in [0.1, 0.15) is 30.4 Å². The Labute approximate surface area is 126 Å². The van der Waals surface area contributed by atoms with E-state index in [9.17, 15) is 0 Å². The number of fused-ring (bicyclic) bond motifs is 1. The zero-order valence-electron chi connectivity index (χ0n) is 12.0. The SMILES string of the molecule is CN1CC23C=CCCC4(C2)c2c(S)cccc2CC1C34. The fourth-order valence-corrected chi connectivity index (χ4v) is 6.74. The highest BCUT2D eigenvalue weighted by atomic mass is 32.1. The first kappa shape index (κ1) is 11.9. The van der Waals surface area contributed by atoms with Gasteiger partial charge in [-0.2, -0.15) is 0 Å². The minimum Gasteiger partial charge on any atom is -0.302 e. The summed E-state index contributed by atoms with van der Waals surface area (Å²) in [6, 6.07) is 7.49. The van der Waals surface area contributed by atoms with Crippen LogP contribution in [0.2, 0.25) is 0 Å². The van der Waals surface area contributed by atoms with Gasteiger partial charge in [0.1, 0.15) is 0 Å². The maximum absolute atomic E-state index is 4.83. The topological polar surface area (TPSA) is 3.24 Å². The third kappa shape index (κ3) is 1.14. The first-order valence-corrected chi connectivity index (χ1v) is 8.30. The van der Waals surface area contributed by atoms with Gasteiger partial charge in [-0.15, -0.1) is 12.6 Å². The number of hydrogen-bond donors (Lipinski definition) is 1. The maximum atomic E-state index is 4.83. The quantitative estimate of drug-likeness (QED) is 0.564. The number of benzene rings is 1. The van der Waals surface area contributed by atoms with Gasteiger partial charge >= 0.3 is 0 Å². The summed E-state index contributed by atoms with van der Waals surface area (Å²) in [6.07, 6.45) is 10.2. The Morgan fingerprint density at radius 3 is 3.15 bits per heavy atom. The molecule has 5 rings (SSSR count). The molecule has 1 nitrogen and oxygen atoms in total. The lowest BCUT2D eigenvalue weighted by molar-refractivity contribution is -0.0213. The summed E-state index contributed by atoms with van der Waals surface area (Å²) in [5, 5.41) is 0. The second-order valence-electron chi connectivity index (χ2n) is 7.48. The summed E-state index contributed by atoms with van der Waals surface area (Å²) in [4.78, 5) is 3.88. The molecule has 1 heterocycles. The van der Waals surface area contributed by atoms with Crippen LogP contribution in [0.25, 0.3) is 0 Å². The fourth-order valence-electron chi connectivity index (χ4n) is 6.29. The number of likely N-dealkylation sites (tertiary alicyclic amines) is 1. The maximum Gasteiger partial charge on any atom is 0.0179 e. The molecule has 1 aromatic rings. The standard InChI is InChI=1S/C18H21NS/c1-19-11-17-7-2-3-8-18(10-17)15-12(5-4-6-14(15)20)9-13(19)16(17)18/h2,4-7,13,16,20H,3,8-11H2,1H3. The van der Waals surface area contributed by atoms with Crippen molar-refractivity contribution in [2.75, 3.05) is 13.6 Å². The molecule has 4 aliphatic rings. The molecule has 1 saturated carbocycles. The Bertz CT molecular complexity index is 636. The number of thiol groups is 1. The molecule has 2 heteroatoms. The summed E-state index contributed by atoms with van der Waals surface area (Å²) in [5.41, 5.74) is 4.08. The Morgan fingerprint density at radius 1 is 1.35 bits per heavy atom. The lowest BCUT2D eigenvalue weighted by Gasteiger charge is -2.62. The van der Waals surface area contributed by atoms with Gasteiger partial charge in [0.15, 0.2) is 0 Å². The van der Waals surface area contributed by atoms with Gasteiger partial charge in [0.2, 0.25) is 0 Å². The number of allylic oxidation sites excluding steroid dienone is 1. The third-order valence-corrected chi connectivity index (χ3v) is 6.99. The molecule has 0 aromatic heterocycles. The van der Waals surface area contributed by atoms with E-state index >= 15 is 0 Å². The highest BCUT2D eigenvalue weighted by Crippen LogP contribution is 2.72. The first-order chi connectivity index (χ1) is 9.66. The lowest BCUT2D eigenvalue weighted by Crippen LogP contribution is -2.62. The molecular formula is C18H21NS. The van der Waals surface area contributed by atoms with Crippen LogP contribution >= 0.6 is 12.6 Å². The van der Waals surface area contributed by atoms with E-state index in [-0.39, 0.29) is 0 Å². The zero-order chi connectivity index (χ0) is 13.5. The molecule has 3 aliphatic carbocycles.